The van der Waals surface area contributed by atoms with Crippen LogP contribution in [0.1, 0.15) is 38.5 Å². The Kier molecular flexibility index (Phi) is 7.72. The summed E-state index contributed by atoms with van der Waals surface area (Å²) in [6.07, 6.45) is 5.69. The maximum atomic E-state index is 12.2. The number of fused-ring (bicyclic) bond motifs is 2. The van der Waals surface area contributed by atoms with Crippen LogP contribution < -0.4 is 10.6 Å². The van der Waals surface area contributed by atoms with Gasteiger partial charge in [0.05, 0.1) is 10.8 Å². The highest BCUT2D eigenvalue weighted by atomic mass is 79.9. The lowest BCUT2D eigenvalue weighted by Gasteiger charge is -2.29. The minimum absolute atomic E-state index is 0. The van der Waals surface area contributed by atoms with Crippen molar-refractivity contribution in [2.45, 2.75) is 61.5 Å². The van der Waals surface area contributed by atoms with E-state index in [1.807, 2.05) is 24.3 Å². The molecule has 0 radical (unpaired) electrons. The van der Waals surface area contributed by atoms with Gasteiger partial charge in [-0.2, -0.15) is 0 Å². The second kappa shape index (κ2) is 9.32. The lowest BCUT2D eigenvalue weighted by Crippen LogP contribution is -2.48. The zero-order chi connectivity index (χ0) is 16.2. The van der Waals surface area contributed by atoms with Gasteiger partial charge in [0.2, 0.25) is 5.91 Å². The van der Waals surface area contributed by atoms with Gasteiger partial charge in [0.25, 0.3) is 0 Å². The van der Waals surface area contributed by atoms with E-state index in [0.29, 0.717) is 36.7 Å². The number of nitrogens with one attached hydrogen (secondary N) is 2. The van der Waals surface area contributed by atoms with Gasteiger partial charge in [-0.05, 0) is 56.4 Å². The zero-order valence-corrected chi connectivity index (χ0v) is 16.7. The van der Waals surface area contributed by atoms with E-state index in [1.165, 1.54) is 12.8 Å². The third kappa shape index (κ3) is 5.55. The molecule has 0 aliphatic carbocycles. The number of carbonyl (C=O) groups excluding carboxylic acids is 1. The van der Waals surface area contributed by atoms with Gasteiger partial charge >= 0.3 is 0 Å². The Bertz CT molecular complexity index is 572. The lowest BCUT2D eigenvalue weighted by molar-refractivity contribution is -0.122. The van der Waals surface area contributed by atoms with Crippen molar-refractivity contribution in [3.63, 3.8) is 0 Å². The monoisotopic (exact) mass is 434 g/mol. The summed E-state index contributed by atoms with van der Waals surface area (Å²) in [5.74, 6) is 0.635. The van der Waals surface area contributed by atoms with Crippen LogP contribution in [0.3, 0.4) is 0 Å². The molecule has 0 saturated carbocycles. The van der Waals surface area contributed by atoms with Gasteiger partial charge in [0, 0.05) is 39.7 Å². The highest BCUT2D eigenvalue weighted by molar-refractivity contribution is 9.10. The molecule has 3 rings (SSSR count). The number of amides is 1. The molecule has 4 nitrogen and oxygen atoms in total. The Balaban J connectivity index is 0.00000208. The molecule has 24 heavy (non-hydrogen) atoms. The Hall–Kier alpha value is -0.430. The van der Waals surface area contributed by atoms with Crippen LogP contribution >= 0.6 is 28.3 Å². The van der Waals surface area contributed by atoms with E-state index < -0.39 is 10.8 Å². The molecule has 2 aliphatic rings. The number of piperidine rings is 1. The second-order valence-corrected chi connectivity index (χ2v) is 8.97. The van der Waals surface area contributed by atoms with Gasteiger partial charge in [-0.25, -0.2) is 0 Å². The number of benzene rings is 1. The van der Waals surface area contributed by atoms with Crippen molar-refractivity contribution in [1.82, 2.24) is 10.6 Å². The van der Waals surface area contributed by atoms with Crippen LogP contribution in [0, 0.1) is 0 Å². The van der Waals surface area contributed by atoms with Crippen LogP contribution in [0.15, 0.2) is 33.6 Å². The Labute approximate surface area is 160 Å². The van der Waals surface area contributed by atoms with Gasteiger partial charge in [0.15, 0.2) is 0 Å². The van der Waals surface area contributed by atoms with E-state index in [4.69, 9.17) is 0 Å². The third-order valence-corrected chi connectivity index (χ3v) is 6.63. The number of hydrogen-bond donors (Lipinski definition) is 2. The molecular weight excluding hydrogens is 412 g/mol. The summed E-state index contributed by atoms with van der Waals surface area (Å²) in [6.45, 7) is 0. The van der Waals surface area contributed by atoms with Crippen molar-refractivity contribution in [2.75, 3.05) is 5.75 Å². The highest BCUT2D eigenvalue weighted by Crippen LogP contribution is 2.26. The summed E-state index contributed by atoms with van der Waals surface area (Å²) in [5.41, 5.74) is 0. The van der Waals surface area contributed by atoms with E-state index in [9.17, 15) is 9.00 Å². The molecule has 1 aromatic carbocycles. The van der Waals surface area contributed by atoms with Crippen LogP contribution in [0.25, 0.3) is 0 Å². The minimum Gasteiger partial charge on any atom is -0.353 e. The highest BCUT2D eigenvalue weighted by Gasteiger charge is 2.33. The van der Waals surface area contributed by atoms with Gasteiger partial charge < -0.3 is 10.6 Å². The number of hydrogen-bond acceptors (Lipinski definition) is 3. The molecule has 2 saturated heterocycles. The van der Waals surface area contributed by atoms with Gasteiger partial charge in [-0.15, -0.1) is 12.4 Å². The summed E-state index contributed by atoms with van der Waals surface area (Å²) in [4.78, 5) is 12.9. The van der Waals surface area contributed by atoms with Crippen molar-refractivity contribution < 1.29 is 9.00 Å². The van der Waals surface area contributed by atoms with Crippen LogP contribution in [-0.4, -0.2) is 34.0 Å². The number of halogens is 2. The SMILES string of the molecule is Cl.O=C(CCCS(=O)c1ccc(Br)cc1)NC1CC2CCC(C1)N2. The molecule has 0 aromatic heterocycles. The van der Waals surface area contributed by atoms with E-state index in [2.05, 4.69) is 26.6 Å². The fraction of sp³-hybridized carbons (Fsp3) is 0.588. The average Bonchev–Trinajstić information content (AvgIpc) is 2.86. The Morgan fingerprint density at radius 2 is 1.83 bits per heavy atom. The molecule has 2 bridgehead atoms. The summed E-state index contributed by atoms with van der Waals surface area (Å²) in [6, 6.07) is 9.01. The molecule has 3 unspecified atom stereocenters. The van der Waals surface area contributed by atoms with Gasteiger partial charge in [-0.1, -0.05) is 15.9 Å². The summed E-state index contributed by atoms with van der Waals surface area (Å²) in [7, 11) is -1.03. The average molecular weight is 436 g/mol. The fourth-order valence-corrected chi connectivity index (χ4v) is 4.89. The summed E-state index contributed by atoms with van der Waals surface area (Å²) in [5, 5.41) is 6.74. The molecule has 2 fully saturated rings. The molecule has 2 aliphatic heterocycles. The van der Waals surface area contributed by atoms with E-state index in [1.54, 1.807) is 0 Å². The van der Waals surface area contributed by atoms with Gasteiger partial charge in [-0.3, -0.25) is 9.00 Å². The smallest absolute Gasteiger partial charge is 0.220 e. The van der Waals surface area contributed by atoms with Crippen molar-refractivity contribution in [3.05, 3.63) is 28.7 Å². The predicted octanol–water partition coefficient (Wildman–Crippen LogP) is 3.16. The molecule has 2 N–H and O–H groups in total. The van der Waals surface area contributed by atoms with Crippen molar-refractivity contribution >= 4 is 45.0 Å². The largest absolute Gasteiger partial charge is 0.353 e. The van der Waals surface area contributed by atoms with Crippen molar-refractivity contribution in [2.24, 2.45) is 0 Å². The molecule has 2 heterocycles. The fourth-order valence-electron chi connectivity index (χ4n) is 3.54. The zero-order valence-electron chi connectivity index (χ0n) is 13.5. The first-order valence-electron chi connectivity index (χ1n) is 8.29. The molecule has 0 spiro atoms. The van der Waals surface area contributed by atoms with Crippen LogP contribution in [0.4, 0.5) is 0 Å². The number of carbonyl (C=O) groups is 1. The minimum atomic E-state index is -1.03. The second-order valence-electron chi connectivity index (χ2n) is 6.48. The maximum absolute atomic E-state index is 12.2. The molecule has 134 valence electrons. The van der Waals surface area contributed by atoms with Gasteiger partial charge in [0.1, 0.15) is 0 Å². The quantitative estimate of drug-likeness (QED) is 0.721. The topological polar surface area (TPSA) is 58.2 Å². The summed E-state index contributed by atoms with van der Waals surface area (Å²) >= 11 is 3.37. The molecule has 1 aromatic rings. The number of rotatable bonds is 6. The van der Waals surface area contributed by atoms with Crippen LogP contribution in [0.5, 0.6) is 0 Å². The van der Waals surface area contributed by atoms with E-state index in [-0.39, 0.29) is 18.3 Å². The Morgan fingerprint density at radius 3 is 2.46 bits per heavy atom. The van der Waals surface area contributed by atoms with Crippen LogP contribution in [0.2, 0.25) is 0 Å². The van der Waals surface area contributed by atoms with Crippen LogP contribution in [-0.2, 0) is 15.6 Å². The van der Waals surface area contributed by atoms with E-state index in [0.717, 1.165) is 22.2 Å². The first-order chi connectivity index (χ1) is 11.1. The predicted molar refractivity (Wildman–Crippen MR) is 103 cm³/mol. The normalized spacial score (nSPS) is 26.5. The first-order valence-corrected chi connectivity index (χ1v) is 10.4. The first kappa shape index (κ1) is 19.9. The molecule has 7 heteroatoms. The van der Waals surface area contributed by atoms with E-state index >= 15 is 0 Å². The standard InChI is InChI=1S/C17H23BrN2O2S.ClH/c18-12-3-7-16(8-4-12)23(22)9-1-2-17(21)20-15-10-13-5-6-14(11-15)19-13;/h3-4,7-8,13-15,19H,1-2,5-6,9-11H2,(H,20,21);1H. The Morgan fingerprint density at radius 1 is 1.21 bits per heavy atom. The lowest BCUT2D eigenvalue weighted by atomic mass is 10.00. The maximum Gasteiger partial charge on any atom is 0.220 e. The van der Waals surface area contributed by atoms with Crippen molar-refractivity contribution in [3.8, 4) is 0 Å². The molecule has 1 amide bonds. The third-order valence-electron chi connectivity index (χ3n) is 4.65. The molecular formula is C17H24BrClN2O2S. The summed E-state index contributed by atoms with van der Waals surface area (Å²) < 4.78 is 13.2. The molecule has 3 atom stereocenters. The van der Waals surface area contributed by atoms with Crippen molar-refractivity contribution in [1.29, 1.82) is 0 Å².